The number of rotatable bonds is 5. The summed E-state index contributed by atoms with van der Waals surface area (Å²) >= 11 is 0. The average molecular weight is 205 g/mol. The maximum Gasteiger partial charge on any atom is -0.00226 e. The lowest BCUT2D eigenvalue weighted by molar-refractivity contribution is 0.377. The van der Waals surface area contributed by atoms with Crippen LogP contribution in [0.5, 0.6) is 0 Å². The molecule has 0 aromatic heterocycles. The van der Waals surface area contributed by atoms with E-state index in [1.54, 1.807) is 0 Å². The number of nitrogens with two attached hydrogens (primary N) is 1. The van der Waals surface area contributed by atoms with Gasteiger partial charge in [0.1, 0.15) is 0 Å². The van der Waals surface area contributed by atoms with Crippen LogP contribution in [0.1, 0.15) is 38.3 Å². The van der Waals surface area contributed by atoms with Crippen molar-refractivity contribution in [2.45, 2.75) is 40.0 Å². The smallest absolute Gasteiger partial charge is 0.00226 e. The van der Waals surface area contributed by atoms with E-state index in [1.807, 2.05) is 0 Å². The molecule has 0 saturated carbocycles. The first-order valence-electron chi connectivity index (χ1n) is 5.85. The van der Waals surface area contributed by atoms with Crippen LogP contribution in [-0.4, -0.2) is 6.54 Å². The molecule has 0 spiro atoms. The summed E-state index contributed by atoms with van der Waals surface area (Å²) in [7, 11) is 0. The van der Waals surface area contributed by atoms with E-state index in [0.29, 0.717) is 0 Å². The van der Waals surface area contributed by atoms with E-state index in [4.69, 9.17) is 5.73 Å². The second-order valence-corrected chi connectivity index (χ2v) is 5.11. The molecule has 0 unspecified atom stereocenters. The van der Waals surface area contributed by atoms with Crippen LogP contribution in [0.25, 0.3) is 0 Å². The highest BCUT2D eigenvalue weighted by atomic mass is 14.6. The van der Waals surface area contributed by atoms with Crippen LogP contribution in [0.4, 0.5) is 0 Å². The van der Waals surface area contributed by atoms with Gasteiger partial charge in [0.25, 0.3) is 0 Å². The molecule has 0 saturated heterocycles. The highest BCUT2D eigenvalue weighted by Gasteiger charge is 2.15. The Kier molecular flexibility index (Phi) is 4.34. The molecule has 0 bridgehead atoms. The molecule has 0 heterocycles. The van der Waals surface area contributed by atoms with Gasteiger partial charge < -0.3 is 5.73 Å². The largest absolute Gasteiger partial charge is 0.330 e. The van der Waals surface area contributed by atoms with Crippen molar-refractivity contribution >= 4 is 0 Å². The van der Waals surface area contributed by atoms with Crippen molar-refractivity contribution in [2.24, 2.45) is 11.1 Å². The van der Waals surface area contributed by atoms with E-state index in [1.165, 1.54) is 24.0 Å². The molecule has 0 radical (unpaired) electrons. The van der Waals surface area contributed by atoms with Gasteiger partial charge in [0.2, 0.25) is 0 Å². The molecule has 2 N–H and O–H groups in total. The van der Waals surface area contributed by atoms with Gasteiger partial charge in [0, 0.05) is 0 Å². The van der Waals surface area contributed by atoms with E-state index in [0.717, 1.165) is 13.0 Å². The topological polar surface area (TPSA) is 26.0 Å². The summed E-state index contributed by atoms with van der Waals surface area (Å²) in [5.74, 6) is 0. The van der Waals surface area contributed by atoms with Gasteiger partial charge in [-0.25, -0.2) is 0 Å². The molecule has 0 fully saturated rings. The Balaban J connectivity index is 2.64. The Morgan fingerprint density at radius 1 is 1.07 bits per heavy atom. The quantitative estimate of drug-likeness (QED) is 0.785. The van der Waals surface area contributed by atoms with Gasteiger partial charge >= 0.3 is 0 Å². The van der Waals surface area contributed by atoms with Crippen LogP contribution in [0, 0.1) is 5.41 Å². The number of aryl methyl sites for hydroxylation is 1. The summed E-state index contributed by atoms with van der Waals surface area (Å²) in [6.45, 7) is 7.38. The maximum atomic E-state index is 5.73. The molecule has 1 heteroatoms. The van der Waals surface area contributed by atoms with Crippen LogP contribution >= 0.6 is 0 Å². The fourth-order valence-corrected chi connectivity index (χ4v) is 1.74. The summed E-state index contributed by atoms with van der Waals surface area (Å²) in [4.78, 5) is 0. The number of benzene rings is 1. The maximum absolute atomic E-state index is 5.73. The van der Waals surface area contributed by atoms with Gasteiger partial charge in [-0.2, -0.15) is 0 Å². The van der Waals surface area contributed by atoms with Crippen molar-refractivity contribution in [2.75, 3.05) is 6.54 Å². The predicted octanol–water partition coefficient (Wildman–Crippen LogP) is 3.17. The van der Waals surface area contributed by atoms with Crippen LogP contribution in [0.2, 0.25) is 0 Å². The van der Waals surface area contributed by atoms with Crippen molar-refractivity contribution in [3.8, 4) is 0 Å². The Labute approximate surface area is 93.7 Å². The molecule has 1 aromatic carbocycles. The highest BCUT2D eigenvalue weighted by Crippen LogP contribution is 2.20. The van der Waals surface area contributed by atoms with E-state index < -0.39 is 0 Å². The van der Waals surface area contributed by atoms with Gasteiger partial charge in [0.15, 0.2) is 0 Å². The minimum absolute atomic E-state index is 0.215. The number of hydrogen-bond donors (Lipinski definition) is 1. The van der Waals surface area contributed by atoms with Crippen molar-refractivity contribution in [3.05, 3.63) is 35.4 Å². The molecule has 0 aliphatic rings. The van der Waals surface area contributed by atoms with E-state index in [9.17, 15) is 0 Å². The SMILES string of the molecule is CCCc1ccc(CC(C)(C)CN)cc1. The molecule has 1 nitrogen and oxygen atoms in total. The fourth-order valence-electron chi connectivity index (χ4n) is 1.74. The summed E-state index contributed by atoms with van der Waals surface area (Å²) in [6, 6.07) is 8.96. The zero-order valence-corrected chi connectivity index (χ0v) is 10.2. The van der Waals surface area contributed by atoms with Crippen LogP contribution in [0.3, 0.4) is 0 Å². The van der Waals surface area contributed by atoms with Gasteiger partial charge in [0.05, 0.1) is 0 Å². The normalized spacial score (nSPS) is 11.7. The predicted molar refractivity (Wildman–Crippen MR) is 67.0 cm³/mol. The Hall–Kier alpha value is -0.820. The molecule has 1 rings (SSSR count). The molecule has 15 heavy (non-hydrogen) atoms. The van der Waals surface area contributed by atoms with E-state index in [-0.39, 0.29) is 5.41 Å². The van der Waals surface area contributed by atoms with Crippen molar-refractivity contribution < 1.29 is 0 Å². The standard InChI is InChI=1S/C14H23N/c1-4-5-12-6-8-13(9-7-12)10-14(2,3)11-15/h6-9H,4-5,10-11,15H2,1-3H3. The monoisotopic (exact) mass is 205 g/mol. The first kappa shape index (κ1) is 12.3. The van der Waals surface area contributed by atoms with Gasteiger partial charge in [-0.3, -0.25) is 0 Å². The van der Waals surface area contributed by atoms with Gasteiger partial charge in [-0.05, 0) is 35.9 Å². The second kappa shape index (κ2) is 5.32. The Morgan fingerprint density at radius 3 is 2.07 bits per heavy atom. The van der Waals surface area contributed by atoms with Crippen LogP contribution < -0.4 is 5.73 Å². The lowest BCUT2D eigenvalue weighted by Crippen LogP contribution is -2.25. The average Bonchev–Trinajstić information content (AvgIpc) is 2.21. The summed E-state index contributed by atoms with van der Waals surface area (Å²) in [5, 5.41) is 0. The molecule has 0 atom stereocenters. The first-order valence-corrected chi connectivity index (χ1v) is 5.85. The van der Waals surface area contributed by atoms with Gasteiger partial charge in [-0.15, -0.1) is 0 Å². The lowest BCUT2D eigenvalue weighted by atomic mass is 9.86. The fraction of sp³-hybridized carbons (Fsp3) is 0.571. The Bertz CT molecular complexity index is 285. The third-order valence-corrected chi connectivity index (χ3v) is 2.80. The number of hydrogen-bond acceptors (Lipinski definition) is 1. The van der Waals surface area contributed by atoms with Crippen molar-refractivity contribution in [1.82, 2.24) is 0 Å². The summed E-state index contributed by atoms with van der Waals surface area (Å²) in [5.41, 5.74) is 8.78. The van der Waals surface area contributed by atoms with Crippen LogP contribution in [-0.2, 0) is 12.8 Å². The molecular formula is C14H23N. The zero-order valence-electron chi connectivity index (χ0n) is 10.2. The molecule has 1 aromatic rings. The lowest BCUT2D eigenvalue weighted by Gasteiger charge is -2.22. The highest BCUT2D eigenvalue weighted by molar-refractivity contribution is 5.23. The molecule has 0 aliphatic heterocycles. The van der Waals surface area contributed by atoms with E-state index >= 15 is 0 Å². The molecule has 84 valence electrons. The molecule has 0 amide bonds. The minimum atomic E-state index is 0.215. The van der Waals surface area contributed by atoms with E-state index in [2.05, 4.69) is 45.0 Å². The third kappa shape index (κ3) is 4.05. The van der Waals surface area contributed by atoms with Crippen LogP contribution in [0.15, 0.2) is 24.3 Å². The van der Waals surface area contributed by atoms with Crippen molar-refractivity contribution in [1.29, 1.82) is 0 Å². The Morgan fingerprint density at radius 2 is 1.60 bits per heavy atom. The zero-order chi connectivity index (χ0) is 11.3. The summed E-state index contributed by atoms with van der Waals surface area (Å²) in [6.07, 6.45) is 3.46. The van der Waals surface area contributed by atoms with Gasteiger partial charge in [-0.1, -0.05) is 51.5 Å². The third-order valence-electron chi connectivity index (χ3n) is 2.80. The minimum Gasteiger partial charge on any atom is -0.330 e. The molecule has 0 aliphatic carbocycles. The first-order chi connectivity index (χ1) is 7.07. The molecular weight excluding hydrogens is 182 g/mol. The summed E-state index contributed by atoms with van der Waals surface area (Å²) < 4.78 is 0. The second-order valence-electron chi connectivity index (χ2n) is 5.11. The van der Waals surface area contributed by atoms with Crippen molar-refractivity contribution in [3.63, 3.8) is 0 Å².